The number of aryl methyl sites for hydroxylation is 1. The van der Waals surface area contributed by atoms with Gasteiger partial charge in [-0.3, -0.25) is 0 Å². The molecule has 1 aromatic heterocycles. The van der Waals surface area contributed by atoms with E-state index in [0.717, 1.165) is 28.0 Å². The number of nitriles is 1. The highest BCUT2D eigenvalue weighted by Gasteiger charge is 2.05. The van der Waals surface area contributed by atoms with Crippen LogP contribution in [0.5, 0.6) is 0 Å². The Bertz CT molecular complexity index is 816. The first kappa shape index (κ1) is 12.2. The quantitative estimate of drug-likeness (QED) is 0.751. The van der Waals surface area contributed by atoms with Gasteiger partial charge in [-0.1, -0.05) is 30.3 Å². The number of para-hydroxylation sites is 2. The monoisotopic (exact) mass is 259 g/mol. The van der Waals surface area contributed by atoms with E-state index in [2.05, 4.69) is 29.4 Å². The minimum atomic E-state index is 0.611. The lowest BCUT2D eigenvalue weighted by molar-refractivity contribution is 1.33. The summed E-state index contributed by atoms with van der Waals surface area (Å²) >= 11 is 0. The molecule has 0 amide bonds. The molecule has 0 saturated heterocycles. The van der Waals surface area contributed by atoms with Gasteiger partial charge in [0.25, 0.3) is 0 Å². The van der Waals surface area contributed by atoms with Crippen molar-refractivity contribution < 1.29 is 0 Å². The van der Waals surface area contributed by atoms with E-state index in [0.29, 0.717) is 5.56 Å². The normalized spacial score (nSPS) is 10.2. The van der Waals surface area contributed by atoms with Gasteiger partial charge in [0.05, 0.1) is 16.8 Å². The lowest BCUT2D eigenvalue weighted by Crippen LogP contribution is -1.97. The molecule has 0 unspecified atom stereocenters. The third-order valence-corrected chi connectivity index (χ3v) is 3.23. The molecule has 0 fully saturated rings. The summed E-state index contributed by atoms with van der Waals surface area (Å²) in [5.74, 6) is 0.754. The predicted octanol–water partition coefficient (Wildman–Crippen LogP) is 4.16. The maximum absolute atomic E-state index is 9.11. The van der Waals surface area contributed by atoms with Crippen molar-refractivity contribution in [1.82, 2.24) is 4.98 Å². The van der Waals surface area contributed by atoms with Gasteiger partial charge in [-0.2, -0.15) is 5.26 Å². The third kappa shape index (κ3) is 2.19. The van der Waals surface area contributed by atoms with Crippen LogP contribution in [-0.4, -0.2) is 4.98 Å². The number of rotatable bonds is 2. The first-order chi connectivity index (χ1) is 9.78. The zero-order valence-electron chi connectivity index (χ0n) is 11.1. The summed E-state index contributed by atoms with van der Waals surface area (Å²) in [4.78, 5) is 4.59. The molecule has 0 bridgehead atoms. The molecule has 3 aromatic rings. The Kier molecular flexibility index (Phi) is 3.06. The standard InChI is InChI=1S/C17H13N3/c1-12-10-17(20-16-9-5-3-7-14(12)16)19-15-8-4-2-6-13(15)11-18/h2-10H,1H3,(H,19,20). The molecular formula is C17H13N3. The van der Waals surface area contributed by atoms with E-state index in [9.17, 15) is 0 Å². The Hall–Kier alpha value is -2.86. The molecule has 3 rings (SSSR count). The van der Waals surface area contributed by atoms with Crippen LogP contribution in [0.15, 0.2) is 54.6 Å². The van der Waals surface area contributed by atoms with E-state index in [1.165, 1.54) is 0 Å². The molecule has 96 valence electrons. The molecule has 0 aliphatic carbocycles. The molecule has 1 heterocycles. The van der Waals surface area contributed by atoms with Crippen molar-refractivity contribution in [3.8, 4) is 6.07 Å². The van der Waals surface area contributed by atoms with Gasteiger partial charge in [-0.25, -0.2) is 4.98 Å². The highest BCUT2D eigenvalue weighted by molar-refractivity contribution is 5.84. The van der Waals surface area contributed by atoms with E-state index in [1.807, 2.05) is 42.5 Å². The third-order valence-electron chi connectivity index (χ3n) is 3.23. The van der Waals surface area contributed by atoms with Crippen LogP contribution < -0.4 is 5.32 Å². The fourth-order valence-corrected chi connectivity index (χ4v) is 2.24. The van der Waals surface area contributed by atoms with Crippen LogP contribution in [-0.2, 0) is 0 Å². The SMILES string of the molecule is Cc1cc(Nc2ccccc2C#N)nc2ccccc12. The summed E-state index contributed by atoms with van der Waals surface area (Å²) in [6.45, 7) is 2.06. The minimum Gasteiger partial charge on any atom is -0.339 e. The second kappa shape index (κ2) is 5.02. The second-order valence-electron chi connectivity index (χ2n) is 4.62. The van der Waals surface area contributed by atoms with Crippen LogP contribution in [0.2, 0.25) is 0 Å². The van der Waals surface area contributed by atoms with Crippen LogP contribution in [0.1, 0.15) is 11.1 Å². The van der Waals surface area contributed by atoms with E-state index in [1.54, 1.807) is 6.07 Å². The summed E-state index contributed by atoms with van der Waals surface area (Å²) < 4.78 is 0. The minimum absolute atomic E-state index is 0.611. The Morgan fingerprint density at radius 1 is 1.05 bits per heavy atom. The summed E-state index contributed by atoms with van der Waals surface area (Å²) in [6.07, 6.45) is 0. The molecule has 0 radical (unpaired) electrons. The average molecular weight is 259 g/mol. The molecule has 1 N–H and O–H groups in total. The van der Waals surface area contributed by atoms with Crippen molar-refractivity contribution in [2.45, 2.75) is 6.92 Å². The maximum atomic E-state index is 9.11. The number of hydrogen-bond donors (Lipinski definition) is 1. The topological polar surface area (TPSA) is 48.7 Å². The zero-order valence-corrected chi connectivity index (χ0v) is 11.1. The van der Waals surface area contributed by atoms with Gasteiger partial charge in [0, 0.05) is 5.39 Å². The molecule has 0 saturated carbocycles. The van der Waals surface area contributed by atoms with Crippen molar-refractivity contribution in [2.75, 3.05) is 5.32 Å². The predicted molar refractivity (Wildman–Crippen MR) is 80.9 cm³/mol. The fraction of sp³-hybridized carbons (Fsp3) is 0.0588. The van der Waals surface area contributed by atoms with Gasteiger partial charge in [0.15, 0.2) is 0 Å². The summed E-state index contributed by atoms with van der Waals surface area (Å²) in [5.41, 5.74) is 3.49. The first-order valence-corrected chi connectivity index (χ1v) is 6.40. The number of nitrogens with one attached hydrogen (secondary N) is 1. The average Bonchev–Trinajstić information content (AvgIpc) is 2.48. The van der Waals surface area contributed by atoms with Gasteiger partial charge in [0.1, 0.15) is 11.9 Å². The van der Waals surface area contributed by atoms with Crippen LogP contribution >= 0.6 is 0 Å². The Labute approximate surface area is 117 Å². The van der Waals surface area contributed by atoms with E-state index >= 15 is 0 Å². The van der Waals surface area contributed by atoms with Crippen molar-refractivity contribution in [1.29, 1.82) is 5.26 Å². The van der Waals surface area contributed by atoms with E-state index in [-0.39, 0.29) is 0 Å². The fourth-order valence-electron chi connectivity index (χ4n) is 2.24. The lowest BCUT2D eigenvalue weighted by Gasteiger charge is -2.10. The van der Waals surface area contributed by atoms with Crippen molar-refractivity contribution >= 4 is 22.4 Å². The van der Waals surface area contributed by atoms with E-state index in [4.69, 9.17) is 5.26 Å². The Morgan fingerprint density at radius 2 is 1.80 bits per heavy atom. The number of benzene rings is 2. The van der Waals surface area contributed by atoms with Gasteiger partial charge >= 0.3 is 0 Å². The number of hydrogen-bond acceptors (Lipinski definition) is 3. The first-order valence-electron chi connectivity index (χ1n) is 6.40. The number of fused-ring (bicyclic) bond motifs is 1. The van der Waals surface area contributed by atoms with Gasteiger partial charge in [0.2, 0.25) is 0 Å². The van der Waals surface area contributed by atoms with Crippen LogP contribution in [0.25, 0.3) is 10.9 Å². The molecule has 0 aliphatic rings. The molecule has 3 heteroatoms. The van der Waals surface area contributed by atoms with Crippen molar-refractivity contribution in [3.63, 3.8) is 0 Å². The van der Waals surface area contributed by atoms with Gasteiger partial charge in [-0.15, -0.1) is 0 Å². The maximum Gasteiger partial charge on any atom is 0.131 e. The van der Waals surface area contributed by atoms with E-state index < -0.39 is 0 Å². The summed E-state index contributed by atoms with van der Waals surface area (Å²) in [7, 11) is 0. The van der Waals surface area contributed by atoms with Crippen LogP contribution in [0.3, 0.4) is 0 Å². The summed E-state index contributed by atoms with van der Waals surface area (Å²) in [5, 5.41) is 13.5. The highest BCUT2D eigenvalue weighted by Crippen LogP contribution is 2.23. The number of aromatic nitrogens is 1. The summed E-state index contributed by atoms with van der Waals surface area (Å²) in [6, 6.07) is 19.6. The number of nitrogens with zero attached hydrogens (tertiary/aromatic N) is 2. The van der Waals surface area contributed by atoms with Crippen molar-refractivity contribution in [3.05, 3.63) is 65.7 Å². The van der Waals surface area contributed by atoms with Crippen molar-refractivity contribution in [2.24, 2.45) is 0 Å². The molecule has 0 atom stereocenters. The smallest absolute Gasteiger partial charge is 0.131 e. The Balaban J connectivity index is 2.05. The second-order valence-corrected chi connectivity index (χ2v) is 4.62. The van der Waals surface area contributed by atoms with Crippen LogP contribution in [0.4, 0.5) is 11.5 Å². The highest BCUT2D eigenvalue weighted by atomic mass is 15.0. The van der Waals surface area contributed by atoms with Gasteiger partial charge in [-0.05, 0) is 36.8 Å². The molecule has 2 aromatic carbocycles. The zero-order chi connectivity index (χ0) is 13.9. The molecule has 20 heavy (non-hydrogen) atoms. The molecule has 3 nitrogen and oxygen atoms in total. The molecule has 0 aliphatic heterocycles. The lowest BCUT2D eigenvalue weighted by atomic mass is 10.1. The van der Waals surface area contributed by atoms with Gasteiger partial charge < -0.3 is 5.32 Å². The molecular weight excluding hydrogens is 246 g/mol. The molecule has 0 spiro atoms. The number of pyridine rings is 1. The number of anilines is 2. The Morgan fingerprint density at radius 3 is 2.65 bits per heavy atom. The van der Waals surface area contributed by atoms with Crippen LogP contribution in [0, 0.1) is 18.3 Å². The largest absolute Gasteiger partial charge is 0.339 e.